The van der Waals surface area contributed by atoms with Gasteiger partial charge < -0.3 is 0 Å². The van der Waals surface area contributed by atoms with Crippen LogP contribution in [0, 0.1) is 26.2 Å². The van der Waals surface area contributed by atoms with Crippen LogP contribution in [-0.2, 0) is 4.57 Å². The number of aryl methyl sites for hydroxylation is 3. The minimum Gasteiger partial charge on any atom is -0.293 e. The number of hydrogen-bond donors (Lipinski definition) is 0. The summed E-state index contributed by atoms with van der Waals surface area (Å²) < 4.78 is 12.3. The molecule has 0 saturated heterocycles. The number of carbonyl (C=O) groups is 1. The zero-order chi connectivity index (χ0) is 22.0. The maximum absolute atomic E-state index is 13.8. The second-order valence-electron chi connectivity index (χ2n) is 9.70. The molecule has 1 aliphatic rings. The molecule has 1 saturated carbocycles. The quantitative estimate of drug-likeness (QED) is 0.168. The van der Waals surface area contributed by atoms with Crippen molar-refractivity contribution in [3.05, 3.63) is 34.4 Å². The van der Waals surface area contributed by atoms with Crippen molar-refractivity contribution in [1.82, 2.24) is 0 Å². The molecule has 0 aliphatic heterocycles. The van der Waals surface area contributed by atoms with Gasteiger partial charge in [-0.15, -0.1) is 0 Å². The first kappa shape index (κ1) is 25.3. The van der Waals surface area contributed by atoms with Crippen molar-refractivity contribution in [3.63, 3.8) is 0 Å². The summed E-state index contributed by atoms with van der Waals surface area (Å²) in [7, 11) is 0.167. The van der Waals surface area contributed by atoms with Gasteiger partial charge in [0.15, 0.2) is 14.2 Å². The molecule has 2 rings (SSSR count). The molecule has 30 heavy (non-hydrogen) atoms. The molecule has 0 N–H and O–H groups in total. The first-order valence-corrected chi connectivity index (χ1v) is 13.3. The number of benzene rings is 1. The Kier molecular flexibility index (Phi) is 10.7. The number of carbonyl (C=O) groups excluding carboxylic acids is 1. The van der Waals surface area contributed by atoms with Crippen LogP contribution >= 0.6 is 8.46 Å². The number of rotatable bonds is 14. The molecule has 0 bridgehead atoms. The van der Waals surface area contributed by atoms with Gasteiger partial charge in [-0.25, -0.2) is 0 Å². The van der Waals surface area contributed by atoms with Crippen LogP contribution in [0.2, 0.25) is 0 Å². The van der Waals surface area contributed by atoms with E-state index in [1.165, 1.54) is 56.9 Å². The van der Waals surface area contributed by atoms with Crippen LogP contribution in [0.4, 0.5) is 0 Å². The van der Waals surface area contributed by atoms with E-state index in [4.69, 9.17) is 0 Å². The second-order valence-corrected chi connectivity index (χ2v) is 10.5. The molecule has 3 heteroatoms. The van der Waals surface area contributed by atoms with Crippen molar-refractivity contribution < 1.29 is 9.36 Å². The molecule has 168 valence electrons. The smallest absolute Gasteiger partial charge is 0.170 e. The largest absolute Gasteiger partial charge is 0.293 e. The fourth-order valence-corrected chi connectivity index (χ4v) is 6.45. The molecule has 1 aromatic rings. The van der Waals surface area contributed by atoms with Gasteiger partial charge in [0.05, 0.1) is 5.66 Å². The third kappa shape index (κ3) is 6.49. The highest BCUT2D eigenvalue weighted by Crippen LogP contribution is 2.50. The lowest BCUT2D eigenvalue weighted by atomic mass is 9.72. The Morgan fingerprint density at radius 2 is 1.40 bits per heavy atom. The Balaban J connectivity index is 1.98. The van der Waals surface area contributed by atoms with Gasteiger partial charge in [-0.3, -0.25) is 9.36 Å². The lowest BCUT2D eigenvalue weighted by molar-refractivity contribution is 0.0784. The highest BCUT2D eigenvalue weighted by atomic mass is 31.1. The minimum absolute atomic E-state index is 0.0304. The molecular weight excluding hydrogens is 387 g/mol. The number of hydrogen-bond acceptors (Lipinski definition) is 2. The summed E-state index contributed by atoms with van der Waals surface area (Å²) in [5.41, 5.74) is 3.80. The van der Waals surface area contributed by atoms with Crippen molar-refractivity contribution in [3.8, 4) is 0 Å². The van der Waals surface area contributed by atoms with E-state index >= 15 is 0 Å². The van der Waals surface area contributed by atoms with Crippen molar-refractivity contribution in [2.24, 2.45) is 5.41 Å². The Bertz CT molecular complexity index is 665. The van der Waals surface area contributed by atoms with E-state index in [1.54, 1.807) is 0 Å². The average molecular weight is 431 g/mol. The molecule has 0 heterocycles. The summed E-state index contributed by atoms with van der Waals surface area (Å²) in [5, 5.41) is 0. The molecule has 1 unspecified atom stereocenters. The van der Waals surface area contributed by atoms with E-state index in [9.17, 15) is 9.36 Å². The number of Topliss-reactive ketones (excluding diaryl/α,β-unsaturated/α-hetero) is 1. The first-order chi connectivity index (χ1) is 14.5. The highest BCUT2D eigenvalue weighted by Gasteiger charge is 2.48. The van der Waals surface area contributed by atoms with Crippen molar-refractivity contribution in [2.45, 2.75) is 123 Å². The highest BCUT2D eigenvalue weighted by molar-refractivity contribution is 7.24. The summed E-state index contributed by atoms with van der Waals surface area (Å²) in [6.45, 7) is 8.46. The Morgan fingerprint density at radius 3 is 1.90 bits per heavy atom. The SMILES string of the molecule is CCCCCCCCCCCC(P=O)C1(C(=O)c2c(C)cc(C)cc2C)CCCC1. The van der Waals surface area contributed by atoms with Gasteiger partial charge in [0.2, 0.25) is 0 Å². The average Bonchev–Trinajstić information content (AvgIpc) is 3.19. The predicted molar refractivity (Wildman–Crippen MR) is 129 cm³/mol. The molecule has 1 fully saturated rings. The Labute approximate surface area is 186 Å². The molecule has 1 atom stereocenters. The van der Waals surface area contributed by atoms with Gasteiger partial charge in [0.25, 0.3) is 0 Å². The summed E-state index contributed by atoms with van der Waals surface area (Å²) in [5.74, 6) is 0.263. The molecule has 0 radical (unpaired) electrons. The van der Waals surface area contributed by atoms with Gasteiger partial charge in [0, 0.05) is 11.0 Å². The molecule has 0 spiro atoms. The van der Waals surface area contributed by atoms with E-state index in [2.05, 4.69) is 39.8 Å². The maximum Gasteiger partial charge on any atom is 0.170 e. The van der Waals surface area contributed by atoms with E-state index < -0.39 is 5.41 Å². The zero-order valence-corrected chi connectivity index (χ0v) is 20.8. The van der Waals surface area contributed by atoms with Crippen LogP contribution < -0.4 is 0 Å². The monoisotopic (exact) mass is 430 g/mol. The van der Waals surface area contributed by atoms with Crippen LogP contribution in [0.5, 0.6) is 0 Å². The van der Waals surface area contributed by atoms with E-state index in [0.29, 0.717) is 0 Å². The number of ketones is 1. The van der Waals surface area contributed by atoms with Gasteiger partial charge in [-0.05, 0) is 51.2 Å². The zero-order valence-electron chi connectivity index (χ0n) is 19.9. The summed E-state index contributed by atoms with van der Waals surface area (Å²) in [6, 6.07) is 4.24. The molecule has 1 aromatic carbocycles. The molecule has 0 aromatic heterocycles. The van der Waals surface area contributed by atoms with E-state index in [0.717, 1.165) is 55.2 Å². The van der Waals surface area contributed by atoms with Gasteiger partial charge in [-0.2, -0.15) is 0 Å². The molecular formula is C27H43O2P. The third-order valence-corrected chi connectivity index (χ3v) is 8.21. The van der Waals surface area contributed by atoms with Crippen molar-refractivity contribution >= 4 is 14.2 Å². The third-order valence-electron chi connectivity index (χ3n) is 7.20. The number of unbranched alkanes of at least 4 members (excludes halogenated alkanes) is 8. The van der Waals surface area contributed by atoms with Gasteiger partial charge in [-0.1, -0.05) is 95.2 Å². The Morgan fingerprint density at radius 1 is 0.900 bits per heavy atom. The predicted octanol–water partition coefficient (Wildman–Crippen LogP) is 8.94. The minimum atomic E-state index is -0.422. The summed E-state index contributed by atoms with van der Waals surface area (Å²) in [4.78, 5) is 13.8. The lowest BCUT2D eigenvalue weighted by Crippen LogP contribution is -2.38. The van der Waals surface area contributed by atoms with Crippen LogP contribution in [0.1, 0.15) is 124 Å². The molecule has 2 nitrogen and oxygen atoms in total. The van der Waals surface area contributed by atoms with Crippen LogP contribution in [0.15, 0.2) is 12.1 Å². The van der Waals surface area contributed by atoms with E-state index in [1.807, 2.05) is 0 Å². The van der Waals surface area contributed by atoms with Crippen LogP contribution in [0.25, 0.3) is 0 Å². The van der Waals surface area contributed by atoms with Gasteiger partial charge >= 0.3 is 0 Å². The molecule has 0 amide bonds. The van der Waals surface area contributed by atoms with Gasteiger partial charge in [0.1, 0.15) is 0 Å². The Hall–Kier alpha value is -1.01. The second kappa shape index (κ2) is 12.7. The van der Waals surface area contributed by atoms with E-state index in [-0.39, 0.29) is 19.9 Å². The summed E-state index contributed by atoms with van der Waals surface area (Å²) >= 11 is 0. The fraction of sp³-hybridized carbons (Fsp3) is 0.741. The van der Waals surface area contributed by atoms with Crippen molar-refractivity contribution in [1.29, 1.82) is 0 Å². The first-order valence-electron chi connectivity index (χ1n) is 12.4. The summed E-state index contributed by atoms with van der Waals surface area (Å²) in [6.07, 6.45) is 16.5. The van der Waals surface area contributed by atoms with Crippen LogP contribution in [-0.4, -0.2) is 11.4 Å². The van der Waals surface area contributed by atoms with Crippen molar-refractivity contribution in [2.75, 3.05) is 0 Å². The maximum atomic E-state index is 13.8. The normalized spacial score (nSPS) is 16.8. The lowest BCUT2D eigenvalue weighted by Gasteiger charge is -2.33. The topological polar surface area (TPSA) is 34.1 Å². The van der Waals surface area contributed by atoms with Crippen LogP contribution in [0.3, 0.4) is 0 Å². The fourth-order valence-electron chi connectivity index (χ4n) is 5.58. The molecule has 1 aliphatic carbocycles. The standard InChI is InChI=1S/C27H43O2P/c1-5-6-7-8-9-10-11-12-13-16-24(30-29)27(17-14-15-18-27)26(28)25-22(3)19-21(2)20-23(25)4/h19-20,24H,5-18H2,1-4H3.